The van der Waals surface area contributed by atoms with Crippen LogP contribution in [-0.4, -0.2) is 48.9 Å². The van der Waals surface area contributed by atoms with Gasteiger partial charge < -0.3 is 19.6 Å². The zero-order valence-corrected chi connectivity index (χ0v) is 18.7. The van der Waals surface area contributed by atoms with Crippen molar-refractivity contribution < 1.29 is 19.4 Å². The first-order chi connectivity index (χ1) is 15.3. The van der Waals surface area contributed by atoms with Gasteiger partial charge in [0.2, 0.25) is 0 Å². The van der Waals surface area contributed by atoms with Gasteiger partial charge in [-0.3, -0.25) is 9.59 Å². The van der Waals surface area contributed by atoms with Crippen molar-refractivity contribution in [3.8, 4) is 5.75 Å². The van der Waals surface area contributed by atoms with Crippen molar-refractivity contribution in [1.29, 1.82) is 0 Å². The molecule has 0 bridgehead atoms. The molecule has 2 aromatic rings. The van der Waals surface area contributed by atoms with E-state index in [0.717, 1.165) is 16.8 Å². The number of carbonyl (C=O) groups excluding carboxylic acids is 2. The number of benzene rings is 2. The molecule has 0 spiro atoms. The molecule has 6 nitrogen and oxygen atoms in total. The summed E-state index contributed by atoms with van der Waals surface area (Å²) in [5, 5.41) is 11.2. The largest absolute Gasteiger partial charge is 0.507 e. The van der Waals surface area contributed by atoms with E-state index in [0.29, 0.717) is 17.9 Å². The van der Waals surface area contributed by atoms with Gasteiger partial charge in [0.1, 0.15) is 18.1 Å². The summed E-state index contributed by atoms with van der Waals surface area (Å²) in [5.74, 6) is -0.944. The summed E-state index contributed by atoms with van der Waals surface area (Å²) in [5.41, 5.74) is 2.99. The van der Waals surface area contributed by atoms with Gasteiger partial charge in [-0.15, -0.1) is 6.58 Å². The lowest BCUT2D eigenvalue weighted by Gasteiger charge is -2.25. The first-order valence-electron chi connectivity index (χ1n) is 10.3. The van der Waals surface area contributed by atoms with Gasteiger partial charge in [-0.05, 0) is 48.4 Å². The lowest BCUT2D eigenvalue weighted by atomic mass is 9.93. The Morgan fingerprint density at radius 3 is 2.38 bits per heavy atom. The number of anilines is 1. The van der Waals surface area contributed by atoms with Gasteiger partial charge in [0.05, 0.1) is 11.6 Å². The minimum Gasteiger partial charge on any atom is -0.507 e. The first-order valence-corrected chi connectivity index (χ1v) is 10.3. The molecular weight excluding hydrogens is 404 g/mol. The van der Waals surface area contributed by atoms with Crippen LogP contribution in [0, 0.1) is 6.92 Å². The molecule has 1 fully saturated rings. The van der Waals surface area contributed by atoms with Crippen molar-refractivity contribution in [2.45, 2.75) is 13.0 Å². The summed E-state index contributed by atoms with van der Waals surface area (Å²) < 4.78 is 5.54. The fourth-order valence-corrected chi connectivity index (χ4v) is 3.80. The van der Waals surface area contributed by atoms with Crippen LogP contribution in [0.3, 0.4) is 0 Å². The molecule has 1 heterocycles. The highest BCUT2D eigenvalue weighted by Gasteiger charge is 2.45. The number of rotatable bonds is 8. The van der Waals surface area contributed by atoms with E-state index in [4.69, 9.17) is 4.74 Å². The number of carbonyl (C=O) groups is 2. The minimum absolute atomic E-state index is 0.0670. The molecule has 1 aliphatic heterocycles. The monoisotopic (exact) mass is 432 g/mol. The topological polar surface area (TPSA) is 70.1 Å². The molecule has 1 atom stereocenters. The fraction of sp³-hybridized carbons (Fsp3) is 0.231. The normalized spacial score (nSPS) is 17.3. The van der Waals surface area contributed by atoms with Crippen LogP contribution < -0.4 is 9.64 Å². The third-order valence-corrected chi connectivity index (χ3v) is 5.41. The number of aliphatic hydroxyl groups excluding tert-OH is 1. The lowest BCUT2D eigenvalue weighted by Crippen LogP contribution is -2.29. The fourth-order valence-electron chi connectivity index (χ4n) is 3.80. The number of hydrogen-bond donors (Lipinski definition) is 1. The summed E-state index contributed by atoms with van der Waals surface area (Å²) in [6.07, 6.45) is 3.22. The maximum absolute atomic E-state index is 13.0. The van der Waals surface area contributed by atoms with Crippen LogP contribution >= 0.6 is 0 Å². The van der Waals surface area contributed by atoms with Crippen LogP contribution in [0.1, 0.15) is 22.7 Å². The summed E-state index contributed by atoms with van der Waals surface area (Å²) in [7, 11) is 3.87. The predicted molar refractivity (Wildman–Crippen MR) is 127 cm³/mol. The van der Waals surface area contributed by atoms with E-state index < -0.39 is 17.7 Å². The van der Waals surface area contributed by atoms with E-state index in [-0.39, 0.29) is 17.9 Å². The first kappa shape index (κ1) is 22.9. The third-order valence-electron chi connectivity index (χ3n) is 5.41. The summed E-state index contributed by atoms with van der Waals surface area (Å²) in [4.78, 5) is 29.2. The van der Waals surface area contributed by atoms with E-state index in [2.05, 4.69) is 13.2 Å². The Morgan fingerprint density at radius 2 is 1.81 bits per heavy atom. The molecule has 32 heavy (non-hydrogen) atoms. The van der Waals surface area contributed by atoms with Crippen molar-refractivity contribution in [3.05, 3.63) is 90.0 Å². The maximum atomic E-state index is 13.0. The Labute approximate surface area is 188 Å². The van der Waals surface area contributed by atoms with Crippen molar-refractivity contribution in [2.75, 3.05) is 32.1 Å². The second kappa shape index (κ2) is 9.56. The molecule has 0 unspecified atom stereocenters. The average molecular weight is 433 g/mol. The molecule has 166 valence electrons. The smallest absolute Gasteiger partial charge is 0.295 e. The quantitative estimate of drug-likeness (QED) is 0.293. The van der Waals surface area contributed by atoms with Crippen molar-refractivity contribution in [3.63, 3.8) is 0 Å². The standard InChI is InChI=1S/C26H28N2O4/c1-6-14-28-23(18-8-10-19(11-9-18)27(4)5)22(25(30)26(28)31)24(29)21-13-12-20(16-17(21)3)32-15-7-2/h6-13,16,23,29H,1-2,14-15H2,3-5H3/t23-/m1/s1. The van der Waals surface area contributed by atoms with E-state index >= 15 is 0 Å². The Bertz CT molecular complexity index is 1080. The van der Waals surface area contributed by atoms with Crippen LogP contribution in [0.4, 0.5) is 5.69 Å². The molecular formula is C26H28N2O4. The van der Waals surface area contributed by atoms with Gasteiger partial charge in [-0.1, -0.05) is 30.9 Å². The summed E-state index contributed by atoms with van der Waals surface area (Å²) in [6.45, 7) is 9.71. The Kier molecular flexibility index (Phi) is 6.83. The number of nitrogens with zero attached hydrogens (tertiary/aromatic N) is 2. The van der Waals surface area contributed by atoms with Gasteiger partial charge in [-0.25, -0.2) is 0 Å². The van der Waals surface area contributed by atoms with Crippen LogP contribution in [0.15, 0.2) is 73.3 Å². The number of ether oxygens (including phenoxy) is 1. The third kappa shape index (κ3) is 4.30. The zero-order valence-electron chi connectivity index (χ0n) is 18.7. The summed E-state index contributed by atoms with van der Waals surface area (Å²) in [6, 6.07) is 12.0. The Hall–Kier alpha value is -3.80. The molecule has 1 saturated heterocycles. The molecule has 0 aromatic heterocycles. The average Bonchev–Trinajstić information content (AvgIpc) is 3.02. The van der Waals surface area contributed by atoms with Crippen molar-refractivity contribution in [2.24, 2.45) is 0 Å². The van der Waals surface area contributed by atoms with Crippen molar-refractivity contribution in [1.82, 2.24) is 4.90 Å². The van der Waals surface area contributed by atoms with Gasteiger partial charge in [-0.2, -0.15) is 0 Å². The molecule has 1 amide bonds. The molecule has 3 rings (SSSR count). The number of aliphatic hydroxyl groups is 1. The molecule has 2 aromatic carbocycles. The van der Waals surface area contributed by atoms with E-state index in [9.17, 15) is 14.7 Å². The van der Waals surface area contributed by atoms with Crippen LogP contribution in [0.5, 0.6) is 5.75 Å². The molecule has 1 aliphatic rings. The van der Waals surface area contributed by atoms with Crippen LogP contribution in [0.25, 0.3) is 5.76 Å². The number of Topliss-reactive ketones (excluding diaryl/α,β-unsaturated/α-hetero) is 1. The van der Waals surface area contributed by atoms with Gasteiger partial charge in [0, 0.05) is 31.9 Å². The SMILES string of the molecule is C=CCOc1ccc(C(O)=C2C(=O)C(=O)N(CC=C)[C@@H]2c2ccc(N(C)C)cc2)c(C)c1. The van der Waals surface area contributed by atoms with Gasteiger partial charge >= 0.3 is 0 Å². The van der Waals surface area contributed by atoms with Crippen LogP contribution in [-0.2, 0) is 9.59 Å². The highest BCUT2D eigenvalue weighted by molar-refractivity contribution is 6.46. The number of likely N-dealkylation sites (tertiary alicyclic amines) is 1. The number of ketones is 1. The second-order valence-corrected chi connectivity index (χ2v) is 7.80. The summed E-state index contributed by atoms with van der Waals surface area (Å²) >= 11 is 0. The molecule has 0 aliphatic carbocycles. The van der Waals surface area contributed by atoms with E-state index in [1.165, 1.54) is 4.90 Å². The second-order valence-electron chi connectivity index (χ2n) is 7.80. The highest BCUT2D eigenvalue weighted by Crippen LogP contribution is 2.40. The highest BCUT2D eigenvalue weighted by atomic mass is 16.5. The Balaban J connectivity index is 2.13. The maximum Gasteiger partial charge on any atom is 0.295 e. The lowest BCUT2D eigenvalue weighted by molar-refractivity contribution is -0.139. The van der Waals surface area contributed by atoms with E-state index in [1.807, 2.05) is 50.2 Å². The van der Waals surface area contributed by atoms with Gasteiger partial charge in [0.25, 0.3) is 11.7 Å². The zero-order chi connectivity index (χ0) is 23.4. The van der Waals surface area contributed by atoms with Crippen molar-refractivity contribution >= 4 is 23.1 Å². The number of amides is 1. The molecule has 1 N–H and O–H groups in total. The minimum atomic E-state index is -0.711. The number of aryl methyl sites for hydroxylation is 1. The predicted octanol–water partition coefficient (Wildman–Crippen LogP) is 4.23. The van der Waals surface area contributed by atoms with E-state index in [1.54, 1.807) is 30.4 Å². The molecule has 0 saturated carbocycles. The van der Waals surface area contributed by atoms with Crippen LogP contribution in [0.2, 0.25) is 0 Å². The molecule has 0 radical (unpaired) electrons. The van der Waals surface area contributed by atoms with Gasteiger partial charge in [0.15, 0.2) is 0 Å². The molecule has 6 heteroatoms. The Morgan fingerprint density at radius 1 is 1.12 bits per heavy atom. The number of hydrogen-bond acceptors (Lipinski definition) is 5.